The van der Waals surface area contributed by atoms with E-state index in [9.17, 15) is 14.4 Å². The highest BCUT2D eigenvalue weighted by Crippen LogP contribution is 2.30. The van der Waals surface area contributed by atoms with Gasteiger partial charge in [0.1, 0.15) is 5.75 Å². The molecule has 4 rings (SSSR count). The number of carbonyl (C=O) groups is 3. The first kappa shape index (κ1) is 20.9. The molecule has 2 aromatic rings. The van der Waals surface area contributed by atoms with Gasteiger partial charge >= 0.3 is 0 Å². The Labute approximate surface area is 182 Å². The summed E-state index contributed by atoms with van der Waals surface area (Å²) in [5.41, 5.74) is 1.49. The van der Waals surface area contributed by atoms with Gasteiger partial charge in [-0.05, 0) is 37.1 Å². The molecule has 2 heterocycles. The van der Waals surface area contributed by atoms with Gasteiger partial charge in [0.05, 0.1) is 18.9 Å². The van der Waals surface area contributed by atoms with Crippen LogP contribution in [0.25, 0.3) is 0 Å². The van der Waals surface area contributed by atoms with Crippen molar-refractivity contribution in [3.05, 3.63) is 54.6 Å². The summed E-state index contributed by atoms with van der Waals surface area (Å²) in [5, 5.41) is 2.94. The predicted molar refractivity (Wildman–Crippen MR) is 118 cm³/mol. The van der Waals surface area contributed by atoms with Crippen LogP contribution in [0, 0.1) is 11.8 Å². The molecule has 0 spiro atoms. The molecule has 2 aliphatic heterocycles. The minimum absolute atomic E-state index is 0.0454. The first-order valence-corrected chi connectivity index (χ1v) is 10.6. The summed E-state index contributed by atoms with van der Waals surface area (Å²) < 4.78 is 5.24. The molecular weight excluding hydrogens is 394 g/mol. The second kappa shape index (κ2) is 9.20. The molecule has 162 valence electrons. The van der Waals surface area contributed by atoms with Crippen LogP contribution in [0.2, 0.25) is 0 Å². The van der Waals surface area contributed by atoms with E-state index in [1.54, 1.807) is 23.0 Å². The zero-order valence-electron chi connectivity index (χ0n) is 17.6. The Morgan fingerprint density at radius 3 is 2.61 bits per heavy atom. The van der Waals surface area contributed by atoms with Crippen LogP contribution in [-0.2, 0) is 14.4 Å². The van der Waals surface area contributed by atoms with Crippen molar-refractivity contribution in [2.24, 2.45) is 11.8 Å². The van der Waals surface area contributed by atoms with E-state index in [2.05, 4.69) is 5.32 Å². The van der Waals surface area contributed by atoms with Gasteiger partial charge in [-0.15, -0.1) is 0 Å². The van der Waals surface area contributed by atoms with Gasteiger partial charge in [0.2, 0.25) is 17.7 Å². The number of carbonyl (C=O) groups excluding carboxylic acids is 3. The quantitative estimate of drug-likeness (QED) is 0.805. The smallest absolute Gasteiger partial charge is 0.229 e. The summed E-state index contributed by atoms with van der Waals surface area (Å²) in [4.78, 5) is 41.8. The third-order valence-electron chi connectivity index (χ3n) is 5.98. The largest absolute Gasteiger partial charge is 0.497 e. The summed E-state index contributed by atoms with van der Waals surface area (Å²) in [6, 6.07) is 16.6. The van der Waals surface area contributed by atoms with Crippen LogP contribution in [-0.4, -0.2) is 49.4 Å². The SMILES string of the molecule is COc1cccc(N2C[C@H](C(=O)N3CCC[C@H](C(=O)Nc4ccccc4)C3)CC2=O)c1. The van der Waals surface area contributed by atoms with E-state index in [1.807, 2.05) is 48.5 Å². The summed E-state index contributed by atoms with van der Waals surface area (Å²) >= 11 is 0. The fraction of sp³-hybridized carbons (Fsp3) is 0.375. The number of amides is 3. The predicted octanol–water partition coefficient (Wildman–Crippen LogP) is 2.93. The van der Waals surface area contributed by atoms with Gasteiger partial charge in [-0.3, -0.25) is 14.4 Å². The zero-order chi connectivity index (χ0) is 21.8. The van der Waals surface area contributed by atoms with E-state index in [-0.39, 0.29) is 30.1 Å². The van der Waals surface area contributed by atoms with E-state index >= 15 is 0 Å². The highest BCUT2D eigenvalue weighted by Gasteiger charge is 2.39. The molecular formula is C24H27N3O4. The van der Waals surface area contributed by atoms with Crippen molar-refractivity contribution in [3.63, 3.8) is 0 Å². The highest BCUT2D eigenvalue weighted by molar-refractivity contribution is 6.00. The van der Waals surface area contributed by atoms with Crippen LogP contribution < -0.4 is 15.0 Å². The van der Waals surface area contributed by atoms with Gasteiger partial charge in [0.15, 0.2) is 0 Å². The van der Waals surface area contributed by atoms with Crippen molar-refractivity contribution >= 4 is 29.1 Å². The number of hydrogen-bond acceptors (Lipinski definition) is 4. The molecule has 7 heteroatoms. The number of rotatable bonds is 5. The van der Waals surface area contributed by atoms with E-state index in [1.165, 1.54) is 0 Å². The molecule has 0 aliphatic carbocycles. The van der Waals surface area contributed by atoms with Gasteiger partial charge in [0.25, 0.3) is 0 Å². The van der Waals surface area contributed by atoms with E-state index in [4.69, 9.17) is 4.74 Å². The second-order valence-corrected chi connectivity index (χ2v) is 8.09. The van der Waals surface area contributed by atoms with Crippen molar-refractivity contribution in [2.45, 2.75) is 19.3 Å². The molecule has 0 bridgehead atoms. The van der Waals surface area contributed by atoms with Crippen molar-refractivity contribution in [2.75, 3.05) is 37.0 Å². The Balaban J connectivity index is 1.38. The molecule has 2 saturated heterocycles. The maximum atomic E-state index is 13.2. The standard InChI is InChI=1S/C24H27N3O4/c1-31-21-11-5-10-20(14-21)27-16-18(13-22(27)28)24(30)26-12-6-7-17(15-26)23(29)25-19-8-3-2-4-9-19/h2-5,8-11,14,17-18H,6-7,12-13,15-16H2,1H3,(H,25,29)/t17-,18+/m0/s1. The molecule has 2 fully saturated rings. The summed E-state index contributed by atoms with van der Waals surface area (Å²) in [6.07, 6.45) is 1.72. The number of methoxy groups -OCH3 is 1. The zero-order valence-corrected chi connectivity index (χ0v) is 17.6. The molecule has 2 aliphatic rings. The molecule has 2 aromatic carbocycles. The fourth-order valence-corrected chi connectivity index (χ4v) is 4.32. The molecule has 7 nitrogen and oxygen atoms in total. The van der Waals surface area contributed by atoms with Crippen LogP contribution in [0.15, 0.2) is 54.6 Å². The Hall–Kier alpha value is -3.35. The van der Waals surface area contributed by atoms with E-state index in [0.717, 1.165) is 24.2 Å². The third kappa shape index (κ3) is 4.71. The molecule has 2 atom stereocenters. The number of anilines is 2. The normalized spacial score (nSPS) is 21.1. The second-order valence-electron chi connectivity index (χ2n) is 8.09. The van der Waals surface area contributed by atoms with Crippen molar-refractivity contribution in [1.29, 1.82) is 0 Å². The summed E-state index contributed by atoms with van der Waals surface area (Å²) in [7, 11) is 1.58. The number of para-hydroxylation sites is 1. The number of hydrogen-bond donors (Lipinski definition) is 1. The molecule has 0 unspecified atom stereocenters. The number of nitrogens with one attached hydrogen (secondary N) is 1. The summed E-state index contributed by atoms with van der Waals surface area (Å²) in [6.45, 7) is 1.36. The van der Waals surface area contributed by atoms with Crippen LogP contribution in [0.5, 0.6) is 5.75 Å². The van der Waals surface area contributed by atoms with Gasteiger partial charge in [-0.2, -0.15) is 0 Å². The Kier molecular flexibility index (Phi) is 6.21. The molecule has 31 heavy (non-hydrogen) atoms. The Bertz CT molecular complexity index is 962. The monoisotopic (exact) mass is 421 g/mol. The molecule has 0 radical (unpaired) electrons. The van der Waals surface area contributed by atoms with Gasteiger partial charge < -0.3 is 19.9 Å². The average Bonchev–Trinajstić information content (AvgIpc) is 3.21. The van der Waals surface area contributed by atoms with Crippen molar-refractivity contribution in [1.82, 2.24) is 4.90 Å². The van der Waals surface area contributed by atoms with E-state index < -0.39 is 5.92 Å². The van der Waals surface area contributed by atoms with Crippen LogP contribution in [0.4, 0.5) is 11.4 Å². The number of likely N-dealkylation sites (tertiary alicyclic amines) is 1. The van der Waals surface area contributed by atoms with Crippen LogP contribution in [0.3, 0.4) is 0 Å². The van der Waals surface area contributed by atoms with Crippen molar-refractivity contribution in [3.8, 4) is 5.75 Å². The maximum Gasteiger partial charge on any atom is 0.229 e. The minimum atomic E-state index is -0.394. The molecule has 1 N–H and O–H groups in total. The number of piperidine rings is 1. The lowest BCUT2D eigenvalue weighted by atomic mass is 9.95. The fourth-order valence-electron chi connectivity index (χ4n) is 4.32. The average molecular weight is 421 g/mol. The number of nitrogens with zero attached hydrogens (tertiary/aromatic N) is 2. The minimum Gasteiger partial charge on any atom is -0.497 e. The highest BCUT2D eigenvalue weighted by atomic mass is 16.5. The first-order valence-electron chi connectivity index (χ1n) is 10.6. The topological polar surface area (TPSA) is 79.0 Å². The van der Waals surface area contributed by atoms with E-state index in [0.29, 0.717) is 25.4 Å². The molecule has 0 aromatic heterocycles. The van der Waals surface area contributed by atoms with Crippen molar-refractivity contribution < 1.29 is 19.1 Å². The maximum absolute atomic E-state index is 13.2. The lowest BCUT2D eigenvalue weighted by molar-refractivity contribution is -0.138. The number of benzene rings is 2. The van der Waals surface area contributed by atoms with Gasteiger partial charge in [0, 0.05) is 43.5 Å². The van der Waals surface area contributed by atoms with Crippen LogP contribution >= 0.6 is 0 Å². The Morgan fingerprint density at radius 1 is 1.03 bits per heavy atom. The van der Waals surface area contributed by atoms with Crippen LogP contribution in [0.1, 0.15) is 19.3 Å². The lowest BCUT2D eigenvalue weighted by Gasteiger charge is -2.33. The summed E-state index contributed by atoms with van der Waals surface area (Å²) in [5.74, 6) is -0.148. The molecule has 0 saturated carbocycles. The Morgan fingerprint density at radius 2 is 1.84 bits per heavy atom. The van der Waals surface area contributed by atoms with Gasteiger partial charge in [-0.25, -0.2) is 0 Å². The first-order chi connectivity index (χ1) is 15.0. The third-order valence-corrected chi connectivity index (χ3v) is 5.98. The van der Waals surface area contributed by atoms with Gasteiger partial charge in [-0.1, -0.05) is 24.3 Å². The number of ether oxygens (including phenoxy) is 1. The molecule has 3 amide bonds. The lowest BCUT2D eigenvalue weighted by Crippen LogP contribution is -2.46.